The molecule has 0 bridgehead atoms. The summed E-state index contributed by atoms with van der Waals surface area (Å²) < 4.78 is 5.37. The van der Waals surface area contributed by atoms with E-state index in [9.17, 15) is 4.79 Å². The number of carbonyl (C=O) groups excluding carboxylic acids is 1. The van der Waals surface area contributed by atoms with Crippen LogP contribution in [0.5, 0.6) is 0 Å². The topological polar surface area (TPSA) is 145 Å². The molecule has 0 aromatic carbocycles. The second kappa shape index (κ2) is 9.12. The normalized spacial score (nSPS) is 15.0. The molecule has 3 heterocycles. The van der Waals surface area contributed by atoms with Crippen LogP contribution in [-0.4, -0.2) is 42.8 Å². The van der Waals surface area contributed by atoms with Crippen LogP contribution in [0.3, 0.4) is 0 Å². The van der Waals surface area contributed by atoms with Gasteiger partial charge in [0.05, 0.1) is 17.5 Å². The number of oxazole rings is 1. The first kappa shape index (κ1) is 19.5. The standard InChI is InChI=1S/C20H22N8O2/c21-17(18-22-7-4-8-23-18)15(11-24-14-5-2-1-3-6-14)27-19(29)16-12-30-20(28-16)13-9-25-26-10-13/h4,7-12,14,21,24H,1-3,5-6H2,(H,25,26)(H,27,29)/b15-11+,21-17?. The lowest BCUT2D eigenvalue weighted by Gasteiger charge is -2.22. The highest BCUT2D eigenvalue weighted by atomic mass is 16.3. The van der Waals surface area contributed by atoms with E-state index in [0.29, 0.717) is 11.6 Å². The summed E-state index contributed by atoms with van der Waals surface area (Å²) in [4.78, 5) is 25.2. The lowest BCUT2D eigenvalue weighted by molar-refractivity contribution is 0.0962. The van der Waals surface area contributed by atoms with Gasteiger partial charge in [-0.1, -0.05) is 19.3 Å². The molecular formula is C20H22N8O2. The minimum atomic E-state index is -0.495. The van der Waals surface area contributed by atoms with E-state index < -0.39 is 5.91 Å². The summed E-state index contributed by atoms with van der Waals surface area (Å²) in [7, 11) is 0. The molecule has 0 saturated heterocycles. The van der Waals surface area contributed by atoms with Crippen molar-refractivity contribution in [3.05, 3.63) is 60.5 Å². The fourth-order valence-corrected chi connectivity index (χ4v) is 3.25. The Hall–Kier alpha value is -3.82. The number of aromatic amines is 1. The largest absolute Gasteiger partial charge is 0.444 e. The first-order chi connectivity index (χ1) is 14.7. The molecule has 1 amide bonds. The predicted molar refractivity (Wildman–Crippen MR) is 109 cm³/mol. The molecule has 154 valence electrons. The van der Waals surface area contributed by atoms with Crippen LogP contribution in [0.15, 0.2) is 53.4 Å². The molecular weight excluding hydrogens is 384 g/mol. The van der Waals surface area contributed by atoms with Crippen LogP contribution >= 0.6 is 0 Å². The summed E-state index contributed by atoms with van der Waals surface area (Å²) in [6.07, 6.45) is 14.9. The van der Waals surface area contributed by atoms with Gasteiger partial charge in [0.25, 0.3) is 5.91 Å². The Morgan fingerprint density at radius 1 is 1.23 bits per heavy atom. The van der Waals surface area contributed by atoms with Crippen molar-refractivity contribution in [3.8, 4) is 11.5 Å². The maximum Gasteiger partial charge on any atom is 0.277 e. The monoisotopic (exact) mass is 406 g/mol. The van der Waals surface area contributed by atoms with Gasteiger partial charge in [-0.25, -0.2) is 15.0 Å². The predicted octanol–water partition coefficient (Wildman–Crippen LogP) is 2.42. The number of carbonyl (C=O) groups is 1. The number of nitrogens with zero attached hydrogens (tertiary/aromatic N) is 4. The minimum Gasteiger partial charge on any atom is -0.444 e. The highest BCUT2D eigenvalue weighted by Gasteiger charge is 2.20. The molecule has 4 rings (SSSR count). The smallest absolute Gasteiger partial charge is 0.277 e. The second-order valence-corrected chi connectivity index (χ2v) is 6.99. The van der Waals surface area contributed by atoms with Gasteiger partial charge >= 0.3 is 0 Å². The van der Waals surface area contributed by atoms with E-state index in [1.165, 1.54) is 25.5 Å². The van der Waals surface area contributed by atoms with Gasteiger partial charge in [-0.3, -0.25) is 15.3 Å². The highest BCUT2D eigenvalue weighted by molar-refractivity contribution is 6.11. The molecule has 0 aliphatic heterocycles. The SMILES string of the molecule is N=C(/C(=C\NC1CCCCC1)NC(=O)c1coc(-c2cn[nH]c2)n1)c1ncccn1. The van der Waals surface area contributed by atoms with Crippen LogP contribution in [0.1, 0.15) is 48.4 Å². The summed E-state index contributed by atoms with van der Waals surface area (Å²) in [5, 5.41) is 21.1. The molecule has 1 fully saturated rings. The summed E-state index contributed by atoms with van der Waals surface area (Å²) >= 11 is 0. The van der Waals surface area contributed by atoms with Gasteiger partial charge < -0.3 is 15.1 Å². The van der Waals surface area contributed by atoms with Crippen molar-refractivity contribution in [3.63, 3.8) is 0 Å². The van der Waals surface area contributed by atoms with Crippen LogP contribution in [0.2, 0.25) is 0 Å². The lowest BCUT2D eigenvalue weighted by Crippen LogP contribution is -2.33. The van der Waals surface area contributed by atoms with E-state index in [1.807, 2.05) is 0 Å². The zero-order chi connectivity index (χ0) is 20.8. The Bertz CT molecular complexity index is 1020. The van der Waals surface area contributed by atoms with Crippen LogP contribution in [0.25, 0.3) is 11.5 Å². The van der Waals surface area contributed by atoms with Gasteiger partial charge in [0.1, 0.15) is 12.0 Å². The van der Waals surface area contributed by atoms with Gasteiger partial charge in [-0.05, 0) is 18.9 Å². The summed E-state index contributed by atoms with van der Waals surface area (Å²) in [5.74, 6) is 0.000771. The average Bonchev–Trinajstić information content (AvgIpc) is 3.49. The van der Waals surface area contributed by atoms with E-state index >= 15 is 0 Å². The van der Waals surface area contributed by atoms with Crippen molar-refractivity contribution in [2.75, 3.05) is 0 Å². The van der Waals surface area contributed by atoms with Gasteiger partial charge in [-0.2, -0.15) is 5.10 Å². The third-order valence-electron chi connectivity index (χ3n) is 4.86. The molecule has 3 aromatic heterocycles. The zero-order valence-corrected chi connectivity index (χ0v) is 16.3. The van der Waals surface area contributed by atoms with Crippen LogP contribution in [0.4, 0.5) is 0 Å². The molecule has 0 spiro atoms. The van der Waals surface area contributed by atoms with E-state index in [-0.39, 0.29) is 28.8 Å². The Labute approximate surface area is 172 Å². The molecule has 0 radical (unpaired) electrons. The first-order valence-electron chi connectivity index (χ1n) is 9.79. The van der Waals surface area contributed by atoms with Gasteiger partial charge in [0.2, 0.25) is 5.89 Å². The molecule has 0 atom stereocenters. The molecule has 1 aliphatic rings. The zero-order valence-electron chi connectivity index (χ0n) is 16.3. The number of aromatic nitrogens is 5. The minimum absolute atomic E-state index is 0.00538. The maximum atomic E-state index is 12.8. The maximum absolute atomic E-state index is 12.8. The Morgan fingerprint density at radius 3 is 2.77 bits per heavy atom. The third-order valence-corrected chi connectivity index (χ3v) is 4.86. The molecule has 1 aliphatic carbocycles. The number of hydrogen-bond donors (Lipinski definition) is 4. The highest BCUT2D eigenvalue weighted by Crippen LogP contribution is 2.18. The van der Waals surface area contributed by atoms with E-state index in [0.717, 1.165) is 12.8 Å². The fourth-order valence-electron chi connectivity index (χ4n) is 3.25. The summed E-state index contributed by atoms with van der Waals surface area (Å²) in [6, 6.07) is 1.99. The Balaban J connectivity index is 1.52. The molecule has 0 unspecified atom stereocenters. The number of H-pyrrole nitrogens is 1. The Kier molecular flexibility index (Phi) is 5.93. The van der Waals surface area contributed by atoms with Crippen molar-refractivity contribution < 1.29 is 9.21 Å². The summed E-state index contributed by atoms with van der Waals surface area (Å²) in [6.45, 7) is 0. The van der Waals surface area contributed by atoms with Crippen molar-refractivity contribution in [2.45, 2.75) is 38.1 Å². The van der Waals surface area contributed by atoms with Crippen molar-refractivity contribution in [1.82, 2.24) is 35.8 Å². The van der Waals surface area contributed by atoms with Crippen LogP contribution in [0, 0.1) is 5.41 Å². The van der Waals surface area contributed by atoms with Gasteiger partial charge in [0.15, 0.2) is 11.5 Å². The second-order valence-electron chi connectivity index (χ2n) is 6.99. The van der Waals surface area contributed by atoms with Crippen molar-refractivity contribution >= 4 is 11.6 Å². The number of hydrogen-bond acceptors (Lipinski definition) is 8. The van der Waals surface area contributed by atoms with Crippen molar-refractivity contribution in [1.29, 1.82) is 5.41 Å². The average molecular weight is 406 g/mol. The number of nitrogens with one attached hydrogen (secondary N) is 4. The van der Waals surface area contributed by atoms with Crippen molar-refractivity contribution in [2.24, 2.45) is 0 Å². The molecule has 10 nitrogen and oxygen atoms in total. The van der Waals surface area contributed by atoms with Gasteiger partial charge in [0, 0.05) is 30.8 Å². The molecule has 4 N–H and O–H groups in total. The molecule has 3 aromatic rings. The van der Waals surface area contributed by atoms with Crippen LogP contribution < -0.4 is 10.6 Å². The number of rotatable bonds is 7. The Morgan fingerprint density at radius 2 is 2.03 bits per heavy atom. The number of allylic oxidation sites excluding steroid dienone is 1. The number of amides is 1. The first-order valence-corrected chi connectivity index (χ1v) is 9.79. The molecule has 30 heavy (non-hydrogen) atoms. The molecule has 10 heteroatoms. The van der Waals surface area contributed by atoms with E-state index in [1.54, 1.807) is 37.1 Å². The lowest BCUT2D eigenvalue weighted by atomic mass is 9.96. The van der Waals surface area contributed by atoms with Gasteiger partial charge in [-0.15, -0.1) is 0 Å². The van der Waals surface area contributed by atoms with Crippen LogP contribution in [-0.2, 0) is 0 Å². The quantitative estimate of drug-likeness (QED) is 0.441. The fraction of sp³-hybridized carbons (Fsp3) is 0.300. The molecule has 1 saturated carbocycles. The van der Waals surface area contributed by atoms with E-state index in [2.05, 4.69) is 35.8 Å². The summed E-state index contributed by atoms with van der Waals surface area (Å²) in [5.41, 5.74) is 1.00. The third kappa shape index (κ3) is 4.59. The van der Waals surface area contributed by atoms with E-state index in [4.69, 9.17) is 9.83 Å².